The standard InChI is InChI=1S/C24H27NO5/c1-16-13-18(3)20(14-17(16)2)22(27)15-30-24(29)11-12-25-23(28)10-9-21(26)19-7-5-4-6-8-19/h4-8,13-14H,9-12,15H2,1-3H3,(H,25,28). The Bertz CT molecular complexity index is 934. The molecule has 30 heavy (non-hydrogen) atoms. The van der Waals surface area contributed by atoms with Crippen LogP contribution in [0.5, 0.6) is 0 Å². The monoisotopic (exact) mass is 409 g/mol. The number of hydrogen-bond acceptors (Lipinski definition) is 5. The van der Waals surface area contributed by atoms with E-state index in [4.69, 9.17) is 4.74 Å². The molecule has 1 amide bonds. The zero-order valence-electron chi connectivity index (χ0n) is 17.6. The number of nitrogens with one attached hydrogen (secondary N) is 1. The third kappa shape index (κ3) is 6.95. The van der Waals surface area contributed by atoms with Crippen molar-refractivity contribution in [1.29, 1.82) is 0 Å². The second kappa shape index (κ2) is 11.0. The first-order chi connectivity index (χ1) is 14.3. The number of ether oxygens (including phenoxy) is 1. The minimum absolute atomic E-state index is 0.0441. The van der Waals surface area contributed by atoms with E-state index in [1.807, 2.05) is 32.9 Å². The quantitative estimate of drug-likeness (QED) is 0.479. The number of carbonyl (C=O) groups excluding carboxylic acids is 4. The average molecular weight is 409 g/mol. The van der Waals surface area contributed by atoms with E-state index in [1.165, 1.54) is 0 Å². The Kier molecular flexibility index (Phi) is 8.47. The number of hydrogen-bond donors (Lipinski definition) is 1. The third-order valence-corrected chi connectivity index (χ3v) is 4.83. The molecule has 0 fully saturated rings. The first kappa shape index (κ1) is 23.0. The Morgan fingerprint density at radius 2 is 1.47 bits per heavy atom. The predicted octanol–water partition coefficient (Wildman–Crippen LogP) is 3.51. The van der Waals surface area contributed by atoms with Crippen LogP contribution >= 0.6 is 0 Å². The van der Waals surface area contributed by atoms with Crippen molar-refractivity contribution >= 4 is 23.4 Å². The molecular weight excluding hydrogens is 382 g/mol. The fourth-order valence-electron chi connectivity index (χ4n) is 2.94. The maximum absolute atomic E-state index is 12.3. The summed E-state index contributed by atoms with van der Waals surface area (Å²) in [6.45, 7) is 5.51. The van der Waals surface area contributed by atoms with E-state index in [1.54, 1.807) is 30.3 Å². The van der Waals surface area contributed by atoms with Crippen molar-refractivity contribution in [2.45, 2.75) is 40.0 Å². The van der Waals surface area contributed by atoms with Crippen LogP contribution in [0.4, 0.5) is 0 Å². The van der Waals surface area contributed by atoms with Crippen molar-refractivity contribution in [3.8, 4) is 0 Å². The van der Waals surface area contributed by atoms with E-state index >= 15 is 0 Å². The molecule has 0 spiro atoms. The zero-order valence-corrected chi connectivity index (χ0v) is 17.6. The van der Waals surface area contributed by atoms with Crippen LogP contribution in [0.2, 0.25) is 0 Å². The summed E-state index contributed by atoms with van der Waals surface area (Å²) in [6, 6.07) is 12.5. The lowest BCUT2D eigenvalue weighted by molar-refractivity contribution is -0.142. The summed E-state index contributed by atoms with van der Waals surface area (Å²) in [6.07, 6.45) is 0.106. The number of esters is 1. The first-order valence-electron chi connectivity index (χ1n) is 9.89. The summed E-state index contributed by atoms with van der Waals surface area (Å²) in [5.41, 5.74) is 4.06. The van der Waals surface area contributed by atoms with Gasteiger partial charge in [-0.05, 0) is 43.5 Å². The highest BCUT2D eigenvalue weighted by Gasteiger charge is 2.14. The van der Waals surface area contributed by atoms with Gasteiger partial charge in [0.1, 0.15) is 0 Å². The number of carbonyl (C=O) groups is 4. The highest BCUT2D eigenvalue weighted by Crippen LogP contribution is 2.16. The Balaban J connectivity index is 1.67. The fraction of sp³-hybridized carbons (Fsp3) is 0.333. The lowest BCUT2D eigenvalue weighted by atomic mass is 9.98. The minimum atomic E-state index is -0.564. The van der Waals surface area contributed by atoms with Gasteiger partial charge in [-0.15, -0.1) is 0 Å². The van der Waals surface area contributed by atoms with Gasteiger partial charge in [0.25, 0.3) is 0 Å². The second-order valence-corrected chi connectivity index (χ2v) is 7.22. The number of aryl methyl sites for hydroxylation is 3. The van der Waals surface area contributed by atoms with Crippen LogP contribution in [0.3, 0.4) is 0 Å². The van der Waals surface area contributed by atoms with E-state index in [0.29, 0.717) is 11.1 Å². The van der Waals surface area contributed by atoms with E-state index in [2.05, 4.69) is 5.32 Å². The lowest BCUT2D eigenvalue weighted by Crippen LogP contribution is -2.27. The Morgan fingerprint density at radius 1 is 0.800 bits per heavy atom. The van der Waals surface area contributed by atoms with Crippen LogP contribution in [0, 0.1) is 20.8 Å². The molecule has 0 aliphatic carbocycles. The molecule has 0 bridgehead atoms. The molecule has 1 N–H and O–H groups in total. The smallest absolute Gasteiger partial charge is 0.308 e. The van der Waals surface area contributed by atoms with Crippen LogP contribution in [-0.2, 0) is 14.3 Å². The molecule has 0 atom stereocenters. The van der Waals surface area contributed by atoms with Crippen LogP contribution in [-0.4, -0.2) is 36.6 Å². The molecule has 0 heterocycles. The van der Waals surface area contributed by atoms with Crippen LogP contribution in [0.15, 0.2) is 42.5 Å². The summed E-state index contributed by atoms with van der Waals surface area (Å²) in [5.74, 6) is -1.24. The molecule has 0 radical (unpaired) electrons. The summed E-state index contributed by atoms with van der Waals surface area (Å²) in [7, 11) is 0. The van der Waals surface area contributed by atoms with Gasteiger partial charge in [0.15, 0.2) is 12.4 Å². The maximum atomic E-state index is 12.3. The van der Waals surface area contributed by atoms with Gasteiger partial charge in [-0.1, -0.05) is 36.4 Å². The minimum Gasteiger partial charge on any atom is -0.457 e. The number of ketones is 2. The predicted molar refractivity (Wildman–Crippen MR) is 114 cm³/mol. The molecule has 2 rings (SSSR count). The molecular formula is C24H27NO5. The molecule has 2 aromatic rings. The van der Waals surface area contributed by atoms with Crippen molar-refractivity contribution in [2.75, 3.05) is 13.2 Å². The number of benzene rings is 2. The van der Waals surface area contributed by atoms with Crippen molar-refractivity contribution in [3.63, 3.8) is 0 Å². The first-order valence-corrected chi connectivity index (χ1v) is 9.89. The molecule has 2 aromatic carbocycles. The van der Waals surface area contributed by atoms with Crippen molar-refractivity contribution in [1.82, 2.24) is 5.32 Å². The van der Waals surface area contributed by atoms with Gasteiger partial charge in [-0.3, -0.25) is 19.2 Å². The number of rotatable bonds is 10. The summed E-state index contributed by atoms with van der Waals surface area (Å²) in [4.78, 5) is 48.0. The topological polar surface area (TPSA) is 89.5 Å². The Labute approximate surface area is 176 Å². The molecule has 0 unspecified atom stereocenters. The van der Waals surface area contributed by atoms with Gasteiger partial charge < -0.3 is 10.1 Å². The van der Waals surface area contributed by atoms with Crippen LogP contribution in [0.1, 0.15) is 56.7 Å². The van der Waals surface area contributed by atoms with Gasteiger partial charge in [0.2, 0.25) is 11.7 Å². The van der Waals surface area contributed by atoms with E-state index < -0.39 is 5.97 Å². The largest absolute Gasteiger partial charge is 0.457 e. The molecule has 6 heteroatoms. The molecule has 6 nitrogen and oxygen atoms in total. The van der Waals surface area contributed by atoms with Crippen molar-refractivity contribution < 1.29 is 23.9 Å². The van der Waals surface area contributed by atoms with E-state index in [9.17, 15) is 19.2 Å². The fourth-order valence-corrected chi connectivity index (χ4v) is 2.94. The highest BCUT2D eigenvalue weighted by atomic mass is 16.5. The molecule has 0 aliphatic rings. The van der Waals surface area contributed by atoms with Gasteiger partial charge in [-0.25, -0.2) is 0 Å². The van der Waals surface area contributed by atoms with E-state index in [-0.39, 0.29) is 49.9 Å². The average Bonchev–Trinajstić information content (AvgIpc) is 2.73. The van der Waals surface area contributed by atoms with Gasteiger partial charge in [0, 0.05) is 30.5 Å². The van der Waals surface area contributed by atoms with Crippen LogP contribution in [0.25, 0.3) is 0 Å². The Morgan fingerprint density at radius 3 is 2.17 bits per heavy atom. The van der Waals surface area contributed by atoms with Crippen LogP contribution < -0.4 is 5.32 Å². The summed E-state index contributed by atoms with van der Waals surface area (Å²) >= 11 is 0. The number of amides is 1. The second-order valence-electron chi connectivity index (χ2n) is 7.22. The normalized spacial score (nSPS) is 10.4. The van der Waals surface area contributed by atoms with Crippen molar-refractivity contribution in [3.05, 3.63) is 70.3 Å². The summed E-state index contributed by atoms with van der Waals surface area (Å²) < 4.78 is 5.03. The van der Waals surface area contributed by atoms with E-state index in [0.717, 1.165) is 16.7 Å². The third-order valence-electron chi connectivity index (χ3n) is 4.83. The molecule has 0 aliphatic heterocycles. The van der Waals surface area contributed by atoms with Gasteiger partial charge in [-0.2, -0.15) is 0 Å². The highest BCUT2D eigenvalue weighted by molar-refractivity contribution is 5.99. The SMILES string of the molecule is Cc1cc(C)c(C(=O)COC(=O)CCNC(=O)CCC(=O)c2ccccc2)cc1C. The molecule has 0 saturated carbocycles. The zero-order chi connectivity index (χ0) is 22.1. The maximum Gasteiger partial charge on any atom is 0.308 e. The lowest BCUT2D eigenvalue weighted by Gasteiger charge is -2.10. The Hall–Kier alpha value is -3.28. The molecule has 0 aromatic heterocycles. The van der Waals surface area contributed by atoms with Gasteiger partial charge >= 0.3 is 5.97 Å². The summed E-state index contributed by atoms with van der Waals surface area (Å²) in [5, 5.41) is 2.59. The van der Waals surface area contributed by atoms with Crippen molar-refractivity contribution in [2.24, 2.45) is 0 Å². The number of Topliss-reactive ketones (excluding diaryl/α,β-unsaturated/α-hetero) is 2. The molecule has 0 saturated heterocycles. The molecule has 158 valence electrons. The van der Waals surface area contributed by atoms with Gasteiger partial charge in [0.05, 0.1) is 6.42 Å².